The number of Topliss-reactive ketones (excluding diaryl/α,β-unsaturated/α-hetero) is 1. The third-order valence-electron chi connectivity index (χ3n) is 5.84. The van der Waals surface area contributed by atoms with Crippen molar-refractivity contribution in [2.24, 2.45) is 17.3 Å². The summed E-state index contributed by atoms with van der Waals surface area (Å²) in [4.78, 5) is 24.2. The van der Waals surface area contributed by atoms with E-state index in [4.69, 9.17) is 4.74 Å². The molecule has 110 valence electrons. The highest BCUT2D eigenvalue weighted by Crippen LogP contribution is 2.58. The number of hydrogen-bond acceptors (Lipinski definition) is 5. The van der Waals surface area contributed by atoms with Crippen molar-refractivity contribution < 1.29 is 24.5 Å². The summed E-state index contributed by atoms with van der Waals surface area (Å²) in [6.45, 7) is 7.23. The molecule has 0 amide bonds. The van der Waals surface area contributed by atoms with Crippen molar-refractivity contribution in [3.05, 3.63) is 12.2 Å². The molecule has 2 saturated carbocycles. The standard InChI is InChI=1S/C15H20O5/c1-7-4-5-9-8(2)13(18)20-12(9)14(3)10(16)6-11(17)15(7,14)19/h7,9,11-12,17,19H,2,4-6H2,1,3H3/t7-,9?,11?,12?,14-,15?/m0/s1. The highest BCUT2D eigenvalue weighted by molar-refractivity contribution is 5.95. The Morgan fingerprint density at radius 2 is 2.00 bits per heavy atom. The van der Waals surface area contributed by atoms with E-state index in [1.807, 2.05) is 6.92 Å². The van der Waals surface area contributed by atoms with E-state index in [1.54, 1.807) is 6.92 Å². The van der Waals surface area contributed by atoms with Crippen LogP contribution in [0.15, 0.2) is 12.2 Å². The maximum absolute atomic E-state index is 12.5. The molecule has 0 aromatic heterocycles. The summed E-state index contributed by atoms with van der Waals surface area (Å²) in [6.07, 6.45) is -0.671. The summed E-state index contributed by atoms with van der Waals surface area (Å²) in [7, 11) is 0. The van der Waals surface area contributed by atoms with Crippen LogP contribution < -0.4 is 0 Å². The van der Waals surface area contributed by atoms with Gasteiger partial charge in [-0.15, -0.1) is 0 Å². The maximum atomic E-state index is 12.5. The largest absolute Gasteiger partial charge is 0.457 e. The lowest BCUT2D eigenvalue weighted by atomic mass is 9.64. The topological polar surface area (TPSA) is 83.8 Å². The zero-order valence-corrected chi connectivity index (χ0v) is 11.8. The van der Waals surface area contributed by atoms with Gasteiger partial charge < -0.3 is 14.9 Å². The number of ketones is 1. The molecule has 4 unspecified atom stereocenters. The molecule has 1 heterocycles. The molecule has 1 saturated heterocycles. The lowest BCUT2D eigenvalue weighted by Gasteiger charge is -2.45. The molecule has 0 aromatic rings. The van der Waals surface area contributed by atoms with Gasteiger partial charge in [0.05, 0.1) is 11.5 Å². The quantitative estimate of drug-likeness (QED) is 0.501. The van der Waals surface area contributed by atoms with Gasteiger partial charge in [-0.05, 0) is 25.7 Å². The molecule has 2 aliphatic carbocycles. The molecule has 20 heavy (non-hydrogen) atoms. The summed E-state index contributed by atoms with van der Waals surface area (Å²) in [5.41, 5.74) is -2.43. The van der Waals surface area contributed by atoms with Crippen LogP contribution in [-0.4, -0.2) is 39.8 Å². The van der Waals surface area contributed by atoms with E-state index in [0.29, 0.717) is 18.4 Å². The molecule has 0 aromatic carbocycles. The number of aliphatic hydroxyl groups is 2. The fraction of sp³-hybridized carbons (Fsp3) is 0.733. The Kier molecular flexibility index (Phi) is 2.70. The monoisotopic (exact) mass is 280 g/mol. The summed E-state index contributed by atoms with van der Waals surface area (Å²) in [5.74, 6) is -1.23. The first-order valence-corrected chi connectivity index (χ1v) is 7.08. The minimum Gasteiger partial charge on any atom is -0.457 e. The van der Waals surface area contributed by atoms with Gasteiger partial charge in [-0.3, -0.25) is 4.79 Å². The minimum absolute atomic E-state index is 0.0927. The van der Waals surface area contributed by atoms with E-state index in [1.165, 1.54) is 0 Å². The van der Waals surface area contributed by atoms with Crippen LogP contribution in [0.2, 0.25) is 0 Å². The van der Waals surface area contributed by atoms with Crippen molar-refractivity contribution >= 4 is 11.8 Å². The van der Waals surface area contributed by atoms with Crippen LogP contribution in [-0.2, 0) is 14.3 Å². The van der Waals surface area contributed by atoms with E-state index in [9.17, 15) is 19.8 Å². The van der Waals surface area contributed by atoms with Gasteiger partial charge in [-0.25, -0.2) is 4.79 Å². The first kappa shape index (κ1) is 13.8. The molecule has 3 aliphatic rings. The summed E-state index contributed by atoms with van der Waals surface area (Å²) < 4.78 is 5.38. The molecule has 6 atom stereocenters. The number of ether oxygens (including phenoxy) is 1. The van der Waals surface area contributed by atoms with Gasteiger partial charge in [0.2, 0.25) is 0 Å². The van der Waals surface area contributed by atoms with E-state index in [0.717, 1.165) is 0 Å². The highest BCUT2D eigenvalue weighted by Gasteiger charge is 2.71. The Hall–Kier alpha value is -1.20. The van der Waals surface area contributed by atoms with E-state index in [-0.39, 0.29) is 24.0 Å². The van der Waals surface area contributed by atoms with Gasteiger partial charge in [0.25, 0.3) is 0 Å². The average molecular weight is 280 g/mol. The Morgan fingerprint density at radius 1 is 1.35 bits per heavy atom. The van der Waals surface area contributed by atoms with Crippen LogP contribution in [0.3, 0.4) is 0 Å². The van der Waals surface area contributed by atoms with Crippen molar-refractivity contribution in [3.63, 3.8) is 0 Å². The second kappa shape index (κ2) is 3.92. The molecule has 3 rings (SSSR count). The van der Waals surface area contributed by atoms with Gasteiger partial charge in [0, 0.05) is 17.9 Å². The Balaban J connectivity index is 2.17. The number of carbonyl (C=O) groups is 2. The number of fused-ring (bicyclic) bond motifs is 3. The molecule has 2 N–H and O–H groups in total. The lowest BCUT2D eigenvalue weighted by molar-refractivity contribution is -0.189. The second-order valence-electron chi connectivity index (χ2n) is 6.61. The fourth-order valence-corrected chi connectivity index (χ4v) is 4.44. The lowest BCUT2D eigenvalue weighted by Crippen LogP contribution is -2.60. The van der Waals surface area contributed by atoms with Crippen LogP contribution >= 0.6 is 0 Å². The van der Waals surface area contributed by atoms with E-state index < -0.39 is 29.2 Å². The average Bonchev–Trinajstić information content (AvgIpc) is 2.74. The Bertz CT molecular complexity index is 512. The van der Waals surface area contributed by atoms with Crippen molar-refractivity contribution in [2.75, 3.05) is 0 Å². The minimum atomic E-state index is -1.55. The summed E-state index contributed by atoms with van der Waals surface area (Å²) in [5, 5.41) is 21.3. The molecular weight excluding hydrogens is 260 g/mol. The number of esters is 1. The molecular formula is C15H20O5. The van der Waals surface area contributed by atoms with Crippen LogP contribution in [0.25, 0.3) is 0 Å². The van der Waals surface area contributed by atoms with Crippen LogP contribution in [0.4, 0.5) is 0 Å². The highest BCUT2D eigenvalue weighted by atomic mass is 16.6. The first-order valence-electron chi connectivity index (χ1n) is 7.08. The second-order valence-corrected chi connectivity index (χ2v) is 6.61. The number of aliphatic hydroxyl groups excluding tert-OH is 1. The summed E-state index contributed by atoms with van der Waals surface area (Å²) >= 11 is 0. The molecule has 0 spiro atoms. The van der Waals surface area contributed by atoms with Crippen LogP contribution in [0.5, 0.6) is 0 Å². The Morgan fingerprint density at radius 3 is 2.65 bits per heavy atom. The van der Waals surface area contributed by atoms with Crippen LogP contribution in [0.1, 0.15) is 33.1 Å². The van der Waals surface area contributed by atoms with Crippen molar-refractivity contribution in [1.29, 1.82) is 0 Å². The zero-order valence-electron chi connectivity index (χ0n) is 11.8. The molecule has 5 nitrogen and oxygen atoms in total. The maximum Gasteiger partial charge on any atom is 0.334 e. The van der Waals surface area contributed by atoms with Crippen molar-refractivity contribution in [2.45, 2.75) is 50.9 Å². The zero-order chi connectivity index (χ0) is 14.9. The third kappa shape index (κ3) is 1.30. The molecule has 3 fully saturated rings. The fourth-order valence-electron chi connectivity index (χ4n) is 4.44. The molecule has 0 bridgehead atoms. The molecule has 5 heteroatoms. The smallest absolute Gasteiger partial charge is 0.334 e. The Labute approximate surface area is 117 Å². The van der Waals surface area contributed by atoms with Gasteiger partial charge in [-0.2, -0.15) is 0 Å². The molecule has 1 aliphatic heterocycles. The van der Waals surface area contributed by atoms with Gasteiger partial charge >= 0.3 is 5.97 Å². The third-order valence-corrected chi connectivity index (χ3v) is 5.84. The van der Waals surface area contributed by atoms with E-state index in [2.05, 4.69) is 6.58 Å². The predicted molar refractivity (Wildman–Crippen MR) is 69.6 cm³/mol. The number of rotatable bonds is 0. The number of carbonyl (C=O) groups excluding carboxylic acids is 2. The van der Waals surface area contributed by atoms with Crippen molar-refractivity contribution in [3.8, 4) is 0 Å². The SMILES string of the molecule is C=C1C(=O)OC2C1CC[C@H](C)C1(O)C(O)CC(=O)[C@@]21C. The van der Waals surface area contributed by atoms with Crippen molar-refractivity contribution in [1.82, 2.24) is 0 Å². The van der Waals surface area contributed by atoms with Gasteiger partial charge in [0.15, 0.2) is 0 Å². The normalized spacial score (nSPS) is 51.5. The summed E-state index contributed by atoms with van der Waals surface area (Å²) in [6, 6.07) is 0. The van der Waals surface area contributed by atoms with Crippen LogP contribution in [0, 0.1) is 17.3 Å². The van der Waals surface area contributed by atoms with E-state index >= 15 is 0 Å². The predicted octanol–water partition coefficient (Wildman–Crippen LogP) is 0.585. The van der Waals surface area contributed by atoms with Gasteiger partial charge in [0.1, 0.15) is 17.5 Å². The number of hydrogen-bond donors (Lipinski definition) is 2. The van der Waals surface area contributed by atoms with Gasteiger partial charge in [-0.1, -0.05) is 13.5 Å². The first-order chi connectivity index (χ1) is 9.24. The molecule has 0 radical (unpaired) electrons.